The first-order valence-electron chi connectivity index (χ1n) is 16.2. The molecule has 2 fully saturated rings. The van der Waals surface area contributed by atoms with Crippen LogP contribution in [0.5, 0.6) is 0 Å². The van der Waals surface area contributed by atoms with Crippen molar-refractivity contribution >= 4 is 40.8 Å². The second kappa shape index (κ2) is 14.0. The SMILES string of the molecule is Nc1c(Cl)cc(C[C@@H](CC(=O)N2CCC(N3CCc4ccccc4NC3=O)CC2)C(=O)N2CCC(n3cncn3)CC2)cc1C(F)(F)F. The first-order valence-corrected chi connectivity index (χ1v) is 16.6. The van der Waals surface area contributed by atoms with Gasteiger partial charge in [0.25, 0.3) is 0 Å². The number of hydrogen-bond acceptors (Lipinski definition) is 6. The molecule has 15 heteroatoms. The molecular formula is C33H38ClF3N8O3. The van der Waals surface area contributed by atoms with Crippen molar-refractivity contribution in [1.29, 1.82) is 0 Å². The van der Waals surface area contributed by atoms with Gasteiger partial charge >= 0.3 is 12.2 Å². The van der Waals surface area contributed by atoms with Crippen LogP contribution in [0.1, 0.15) is 54.8 Å². The van der Waals surface area contributed by atoms with Gasteiger partial charge in [0.1, 0.15) is 12.7 Å². The molecule has 1 aromatic heterocycles. The number of fused-ring (bicyclic) bond motifs is 1. The molecular weight excluding hydrogens is 649 g/mol. The zero-order valence-corrected chi connectivity index (χ0v) is 27.1. The lowest BCUT2D eigenvalue weighted by Gasteiger charge is -2.38. The van der Waals surface area contributed by atoms with Gasteiger partial charge in [-0.15, -0.1) is 0 Å². The smallest absolute Gasteiger partial charge is 0.397 e. The number of alkyl halides is 3. The number of para-hydroxylation sites is 1. The zero-order chi connectivity index (χ0) is 34.0. The topological polar surface area (TPSA) is 130 Å². The fourth-order valence-corrected chi connectivity index (χ4v) is 7.32. The van der Waals surface area contributed by atoms with E-state index in [2.05, 4.69) is 15.4 Å². The van der Waals surface area contributed by atoms with Crippen LogP contribution in [-0.2, 0) is 28.6 Å². The molecule has 1 atom stereocenters. The van der Waals surface area contributed by atoms with E-state index < -0.39 is 23.3 Å². The molecule has 3 N–H and O–H groups in total. The summed E-state index contributed by atoms with van der Waals surface area (Å²) in [6, 6.07) is 9.83. The van der Waals surface area contributed by atoms with Gasteiger partial charge in [0.15, 0.2) is 0 Å². The standard InChI is InChI=1S/C33H38ClF3N8O3/c34-27-17-21(16-26(30(27)38)33(35,36)37)15-23(31(47)43-12-8-25(9-13-43)45-20-39-19-40-45)18-29(46)42-10-6-24(7-11-42)44-14-5-22-3-1-2-4-28(22)41-32(44)48/h1-4,16-17,19-20,23-25H,5-15,18,38H2,(H,41,48)/t23-/m0/s1. The van der Waals surface area contributed by atoms with Gasteiger partial charge in [-0.05, 0) is 67.9 Å². The number of rotatable bonds is 7. The summed E-state index contributed by atoms with van der Waals surface area (Å²) in [6.45, 7) is 2.19. The molecule has 2 saturated heterocycles. The third-order valence-electron chi connectivity index (χ3n) is 9.73. The number of urea groups is 1. The molecule has 2 aromatic carbocycles. The number of benzene rings is 2. The number of nitrogens with zero attached hydrogens (tertiary/aromatic N) is 6. The number of halogens is 4. The van der Waals surface area contributed by atoms with E-state index in [9.17, 15) is 27.6 Å². The van der Waals surface area contributed by atoms with Crippen LogP contribution in [0.4, 0.5) is 29.3 Å². The van der Waals surface area contributed by atoms with E-state index in [-0.39, 0.29) is 53.4 Å². The highest BCUT2D eigenvalue weighted by molar-refractivity contribution is 6.33. The van der Waals surface area contributed by atoms with Gasteiger partial charge in [0.05, 0.1) is 28.2 Å². The highest BCUT2D eigenvalue weighted by atomic mass is 35.5. The van der Waals surface area contributed by atoms with Crippen LogP contribution in [-0.4, -0.2) is 86.1 Å². The van der Waals surface area contributed by atoms with Gasteiger partial charge in [0, 0.05) is 50.9 Å². The summed E-state index contributed by atoms with van der Waals surface area (Å²) >= 11 is 6.11. The maximum atomic E-state index is 14.0. The van der Waals surface area contributed by atoms with Crippen molar-refractivity contribution in [3.8, 4) is 0 Å². The van der Waals surface area contributed by atoms with Crippen LogP contribution in [0.25, 0.3) is 0 Å². The van der Waals surface area contributed by atoms with Crippen LogP contribution in [0.15, 0.2) is 49.1 Å². The van der Waals surface area contributed by atoms with Crippen molar-refractivity contribution in [1.82, 2.24) is 29.5 Å². The molecule has 3 aromatic rings. The number of nitrogens with one attached hydrogen (secondary N) is 1. The van der Waals surface area contributed by atoms with Crippen molar-refractivity contribution in [2.45, 2.75) is 63.2 Å². The molecule has 48 heavy (non-hydrogen) atoms. The number of aromatic nitrogens is 3. The van der Waals surface area contributed by atoms with E-state index in [1.54, 1.807) is 20.8 Å². The molecule has 4 heterocycles. The molecule has 0 spiro atoms. The second-order valence-corrected chi connectivity index (χ2v) is 13.1. The molecule has 3 aliphatic heterocycles. The minimum atomic E-state index is -4.74. The number of carbonyl (C=O) groups excluding carboxylic acids is 3. The van der Waals surface area contributed by atoms with Gasteiger partial charge in [-0.3, -0.25) is 9.59 Å². The molecule has 0 bridgehead atoms. The third kappa shape index (κ3) is 7.38. The minimum Gasteiger partial charge on any atom is -0.397 e. The predicted molar refractivity (Wildman–Crippen MR) is 173 cm³/mol. The number of nitrogen functional groups attached to an aromatic ring is 1. The fraction of sp³-hybridized carbons (Fsp3) is 0.485. The van der Waals surface area contributed by atoms with Crippen molar-refractivity contribution < 1.29 is 27.6 Å². The Balaban J connectivity index is 1.13. The van der Waals surface area contributed by atoms with E-state index in [0.717, 1.165) is 23.7 Å². The first-order chi connectivity index (χ1) is 23.0. The van der Waals surface area contributed by atoms with Crippen molar-refractivity contribution in [3.63, 3.8) is 0 Å². The molecule has 4 amide bonds. The maximum Gasteiger partial charge on any atom is 0.418 e. The molecule has 6 rings (SSSR count). The van der Waals surface area contributed by atoms with E-state index in [4.69, 9.17) is 17.3 Å². The van der Waals surface area contributed by atoms with Crippen LogP contribution < -0.4 is 11.1 Å². The Morgan fingerprint density at radius 2 is 1.69 bits per heavy atom. The number of likely N-dealkylation sites (tertiary alicyclic amines) is 2. The predicted octanol–water partition coefficient (Wildman–Crippen LogP) is 5.03. The maximum absolute atomic E-state index is 14.0. The normalized spacial score (nSPS) is 18.7. The summed E-state index contributed by atoms with van der Waals surface area (Å²) in [5.41, 5.74) is 6.06. The highest BCUT2D eigenvalue weighted by Gasteiger charge is 2.37. The summed E-state index contributed by atoms with van der Waals surface area (Å²) in [5.74, 6) is -1.46. The Kier molecular flexibility index (Phi) is 9.81. The Morgan fingerprint density at radius 1 is 1.00 bits per heavy atom. The van der Waals surface area contributed by atoms with Crippen LogP contribution in [0, 0.1) is 5.92 Å². The lowest BCUT2D eigenvalue weighted by atomic mass is 9.91. The van der Waals surface area contributed by atoms with Crippen LogP contribution in [0.2, 0.25) is 5.02 Å². The molecule has 0 saturated carbocycles. The van der Waals surface area contributed by atoms with Crippen molar-refractivity contribution in [3.05, 3.63) is 70.8 Å². The molecule has 3 aliphatic rings. The second-order valence-electron chi connectivity index (χ2n) is 12.7. The van der Waals surface area contributed by atoms with E-state index in [1.165, 1.54) is 12.4 Å². The molecule has 0 unspecified atom stereocenters. The Bertz CT molecular complexity index is 1640. The summed E-state index contributed by atoms with van der Waals surface area (Å²) in [6.07, 6.45) is 1.20. The summed E-state index contributed by atoms with van der Waals surface area (Å²) in [5, 5.41) is 6.94. The highest BCUT2D eigenvalue weighted by Crippen LogP contribution is 2.39. The van der Waals surface area contributed by atoms with Gasteiger partial charge in [-0.2, -0.15) is 18.3 Å². The number of hydrogen-bond donors (Lipinski definition) is 2. The van der Waals surface area contributed by atoms with Gasteiger partial charge < -0.3 is 25.8 Å². The van der Waals surface area contributed by atoms with Gasteiger partial charge in [-0.25, -0.2) is 14.5 Å². The van der Waals surface area contributed by atoms with Gasteiger partial charge in [-0.1, -0.05) is 29.8 Å². The summed E-state index contributed by atoms with van der Waals surface area (Å²) in [4.78, 5) is 49.9. The average Bonchev–Trinajstić information content (AvgIpc) is 3.56. The average molecular weight is 687 g/mol. The molecule has 0 radical (unpaired) electrons. The number of nitrogens with two attached hydrogens (primary N) is 1. The Morgan fingerprint density at radius 3 is 2.38 bits per heavy atom. The number of piperidine rings is 2. The largest absolute Gasteiger partial charge is 0.418 e. The van der Waals surface area contributed by atoms with Crippen LogP contribution >= 0.6 is 11.6 Å². The summed E-state index contributed by atoms with van der Waals surface area (Å²) in [7, 11) is 0. The molecule has 256 valence electrons. The quantitative estimate of drug-likeness (QED) is 0.336. The number of amides is 4. The van der Waals surface area contributed by atoms with E-state index >= 15 is 0 Å². The van der Waals surface area contributed by atoms with E-state index in [1.807, 2.05) is 29.2 Å². The van der Waals surface area contributed by atoms with Crippen molar-refractivity contribution in [2.24, 2.45) is 5.92 Å². The van der Waals surface area contributed by atoms with Crippen molar-refractivity contribution in [2.75, 3.05) is 43.8 Å². The number of anilines is 2. The molecule has 11 nitrogen and oxygen atoms in total. The number of carbonyl (C=O) groups is 3. The third-order valence-corrected chi connectivity index (χ3v) is 10.0. The van der Waals surface area contributed by atoms with Crippen LogP contribution in [0.3, 0.4) is 0 Å². The Hall–Kier alpha value is -4.33. The summed E-state index contributed by atoms with van der Waals surface area (Å²) < 4.78 is 43.1. The minimum absolute atomic E-state index is 0.0511. The lowest BCUT2D eigenvalue weighted by molar-refractivity contribution is -0.142. The lowest BCUT2D eigenvalue weighted by Crippen LogP contribution is -2.50. The first kappa shape index (κ1) is 33.6. The van der Waals surface area contributed by atoms with Gasteiger partial charge in [0.2, 0.25) is 11.8 Å². The zero-order valence-electron chi connectivity index (χ0n) is 26.3. The monoisotopic (exact) mass is 686 g/mol. The fourth-order valence-electron chi connectivity index (χ4n) is 7.08. The van der Waals surface area contributed by atoms with E-state index in [0.29, 0.717) is 58.4 Å². The Labute approximate surface area is 281 Å². The molecule has 0 aliphatic carbocycles.